The Labute approximate surface area is 157 Å². The Morgan fingerprint density at radius 2 is 2.00 bits per heavy atom. The summed E-state index contributed by atoms with van der Waals surface area (Å²) in [5, 5.41) is 2.70. The molecule has 6 nitrogen and oxygen atoms in total. The van der Waals surface area contributed by atoms with Gasteiger partial charge in [0.05, 0.1) is 24.7 Å². The molecular formula is C19H22ClN3O3. The molecule has 7 heteroatoms. The average Bonchev–Trinajstić information content (AvgIpc) is 3.26. The van der Waals surface area contributed by atoms with Gasteiger partial charge < -0.3 is 9.64 Å². The van der Waals surface area contributed by atoms with Crippen molar-refractivity contribution in [2.75, 3.05) is 13.2 Å². The maximum atomic E-state index is 13.1. The number of carbonyl (C=O) groups excluding carboxylic acids is 2. The van der Waals surface area contributed by atoms with Crippen molar-refractivity contribution >= 4 is 23.5 Å². The lowest BCUT2D eigenvalue weighted by Gasteiger charge is -2.44. The van der Waals surface area contributed by atoms with Crippen molar-refractivity contribution < 1.29 is 14.3 Å². The van der Waals surface area contributed by atoms with Crippen LogP contribution < -0.4 is 5.43 Å². The van der Waals surface area contributed by atoms with Crippen molar-refractivity contribution in [2.24, 2.45) is 0 Å². The number of hydrogen-bond acceptors (Lipinski definition) is 5. The van der Waals surface area contributed by atoms with Crippen LogP contribution in [0.5, 0.6) is 0 Å². The first-order valence-electron chi connectivity index (χ1n) is 9.07. The summed E-state index contributed by atoms with van der Waals surface area (Å²) in [4.78, 5) is 26.7. The molecule has 1 N–H and O–H groups in total. The van der Waals surface area contributed by atoms with Crippen LogP contribution in [0.1, 0.15) is 37.8 Å². The summed E-state index contributed by atoms with van der Waals surface area (Å²) in [7, 11) is 0. The average molecular weight is 376 g/mol. The van der Waals surface area contributed by atoms with Crippen molar-refractivity contribution in [3.8, 4) is 0 Å². The number of fused-ring (bicyclic) bond motifs is 3. The Bertz CT molecular complexity index is 749. The summed E-state index contributed by atoms with van der Waals surface area (Å²) < 4.78 is 5.06. The van der Waals surface area contributed by atoms with Crippen molar-refractivity contribution in [3.05, 3.63) is 46.6 Å². The molecule has 0 aromatic heterocycles. The zero-order valence-corrected chi connectivity index (χ0v) is 15.4. The van der Waals surface area contributed by atoms with Crippen molar-refractivity contribution in [2.45, 2.75) is 44.3 Å². The van der Waals surface area contributed by atoms with Gasteiger partial charge in [-0.25, -0.2) is 5.43 Å². The number of ether oxygens (including phenoxy) is 1. The SMILES string of the molecule is CCOC(=O)CN1C(=O)C2=CC(c3ccc(Cl)cc3)NN2C2CCCC21. The van der Waals surface area contributed by atoms with E-state index in [0.29, 0.717) is 17.3 Å². The van der Waals surface area contributed by atoms with Crippen LogP contribution in [0, 0.1) is 0 Å². The molecule has 3 atom stereocenters. The maximum Gasteiger partial charge on any atom is 0.325 e. The van der Waals surface area contributed by atoms with Crippen molar-refractivity contribution in [1.29, 1.82) is 0 Å². The number of carbonyl (C=O) groups is 2. The van der Waals surface area contributed by atoms with Gasteiger partial charge in [-0.15, -0.1) is 0 Å². The van der Waals surface area contributed by atoms with Crippen LogP contribution in [0.3, 0.4) is 0 Å². The summed E-state index contributed by atoms with van der Waals surface area (Å²) in [6.07, 6.45) is 4.89. The quantitative estimate of drug-likeness (QED) is 0.819. The summed E-state index contributed by atoms with van der Waals surface area (Å²) in [5.74, 6) is -0.453. The normalized spacial score (nSPS) is 27.2. The van der Waals surface area contributed by atoms with Crippen LogP contribution in [-0.4, -0.2) is 47.0 Å². The number of esters is 1. The van der Waals surface area contributed by atoms with E-state index in [0.717, 1.165) is 24.8 Å². The molecule has 2 heterocycles. The van der Waals surface area contributed by atoms with E-state index >= 15 is 0 Å². The van der Waals surface area contributed by atoms with E-state index in [1.807, 2.05) is 35.4 Å². The van der Waals surface area contributed by atoms with Crippen LogP contribution in [-0.2, 0) is 14.3 Å². The number of hydrazine groups is 1. The van der Waals surface area contributed by atoms with Crippen LogP contribution in [0.4, 0.5) is 0 Å². The van der Waals surface area contributed by atoms with E-state index in [9.17, 15) is 9.59 Å². The predicted octanol–water partition coefficient (Wildman–Crippen LogP) is 2.41. The Kier molecular flexibility index (Phi) is 4.63. The molecule has 1 saturated carbocycles. The van der Waals surface area contributed by atoms with Crippen LogP contribution in [0.2, 0.25) is 5.02 Å². The fourth-order valence-corrected chi connectivity index (χ4v) is 4.33. The van der Waals surface area contributed by atoms with Gasteiger partial charge in [-0.2, -0.15) is 0 Å². The lowest BCUT2D eigenvalue weighted by atomic mass is 10.0. The maximum absolute atomic E-state index is 13.1. The third kappa shape index (κ3) is 2.97. The van der Waals surface area contributed by atoms with Gasteiger partial charge in [0, 0.05) is 5.02 Å². The molecule has 0 radical (unpaired) electrons. The molecule has 0 bridgehead atoms. The van der Waals surface area contributed by atoms with Crippen LogP contribution in [0.25, 0.3) is 0 Å². The standard InChI is InChI=1S/C19H22ClN3O3/c1-2-26-18(24)11-22-15-4-3-5-16(15)23-17(19(22)25)10-14(21-23)12-6-8-13(20)9-7-12/h6-10,14-16,21H,2-5,11H2,1H3. The van der Waals surface area contributed by atoms with Gasteiger partial charge in [0.25, 0.3) is 5.91 Å². The molecule has 4 rings (SSSR count). The molecule has 2 fully saturated rings. The van der Waals surface area contributed by atoms with Gasteiger partial charge >= 0.3 is 5.97 Å². The zero-order chi connectivity index (χ0) is 18.3. The molecular weight excluding hydrogens is 354 g/mol. The number of hydrogen-bond donors (Lipinski definition) is 1. The Morgan fingerprint density at radius 3 is 2.73 bits per heavy atom. The van der Waals surface area contributed by atoms with Gasteiger partial charge in [-0.1, -0.05) is 23.7 Å². The molecule has 3 aliphatic rings. The number of nitrogens with one attached hydrogen (secondary N) is 1. The third-order valence-corrected chi connectivity index (χ3v) is 5.60. The minimum atomic E-state index is -0.347. The molecule has 138 valence electrons. The number of piperazine rings is 1. The highest BCUT2D eigenvalue weighted by atomic mass is 35.5. The van der Waals surface area contributed by atoms with Gasteiger partial charge in [0.1, 0.15) is 12.2 Å². The molecule has 1 saturated heterocycles. The number of halogens is 1. The molecule has 3 unspecified atom stereocenters. The molecule has 1 aromatic rings. The second-order valence-electron chi connectivity index (χ2n) is 6.88. The van der Waals surface area contributed by atoms with E-state index in [2.05, 4.69) is 5.43 Å². The predicted molar refractivity (Wildman–Crippen MR) is 97.0 cm³/mol. The number of benzene rings is 1. The second-order valence-corrected chi connectivity index (χ2v) is 7.32. The fourth-order valence-electron chi connectivity index (χ4n) is 4.20. The van der Waals surface area contributed by atoms with Gasteiger partial charge in [0.2, 0.25) is 0 Å². The highest BCUT2D eigenvalue weighted by molar-refractivity contribution is 6.30. The first kappa shape index (κ1) is 17.4. The number of nitrogens with zero attached hydrogens (tertiary/aromatic N) is 2. The van der Waals surface area contributed by atoms with E-state index in [1.165, 1.54) is 0 Å². The lowest BCUT2D eigenvalue weighted by Crippen LogP contribution is -2.61. The van der Waals surface area contributed by atoms with E-state index in [4.69, 9.17) is 16.3 Å². The molecule has 0 spiro atoms. The minimum Gasteiger partial charge on any atom is -0.465 e. The Morgan fingerprint density at radius 1 is 1.27 bits per heavy atom. The molecule has 2 aliphatic heterocycles. The highest BCUT2D eigenvalue weighted by Crippen LogP contribution is 2.39. The van der Waals surface area contributed by atoms with Gasteiger partial charge in [0.15, 0.2) is 0 Å². The van der Waals surface area contributed by atoms with Crippen LogP contribution in [0.15, 0.2) is 36.0 Å². The topological polar surface area (TPSA) is 61.9 Å². The van der Waals surface area contributed by atoms with Crippen molar-refractivity contribution in [3.63, 3.8) is 0 Å². The molecule has 26 heavy (non-hydrogen) atoms. The Hall–Kier alpha value is -2.05. The number of rotatable bonds is 4. The largest absolute Gasteiger partial charge is 0.465 e. The van der Waals surface area contributed by atoms with Crippen molar-refractivity contribution in [1.82, 2.24) is 15.3 Å². The molecule has 1 amide bonds. The first-order valence-corrected chi connectivity index (χ1v) is 9.45. The van der Waals surface area contributed by atoms with E-state index in [1.54, 1.807) is 11.8 Å². The van der Waals surface area contributed by atoms with Gasteiger partial charge in [-0.05, 0) is 50.0 Å². The first-order chi connectivity index (χ1) is 12.6. The van der Waals surface area contributed by atoms with Crippen LogP contribution >= 0.6 is 11.6 Å². The summed E-state index contributed by atoms with van der Waals surface area (Å²) >= 11 is 5.98. The smallest absolute Gasteiger partial charge is 0.325 e. The highest BCUT2D eigenvalue weighted by Gasteiger charge is 2.49. The third-order valence-electron chi connectivity index (χ3n) is 5.35. The summed E-state index contributed by atoms with van der Waals surface area (Å²) in [6.45, 7) is 2.12. The number of amides is 1. The second kappa shape index (κ2) is 6.93. The fraction of sp³-hybridized carbons (Fsp3) is 0.474. The molecule has 1 aromatic carbocycles. The monoisotopic (exact) mass is 375 g/mol. The van der Waals surface area contributed by atoms with Gasteiger partial charge in [-0.3, -0.25) is 14.6 Å². The molecule has 1 aliphatic carbocycles. The Balaban J connectivity index is 1.61. The van der Waals surface area contributed by atoms with E-state index < -0.39 is 0 Å². The summed E-state index contributed by atoms with van der Waals surface area (Å²) in [5.41, 5.74) is 5.14. The summed E-state index contributed by atoms with van der Waals surface area (Å²) in [6, 6.07) is 7.77. The minimum absolute atomic E-state index is 0.0185. The van der Waals surface area contributed by atoms with E-state index in [-0.39, 0.29) is 36.5 Å². The zero-order valence-electron chi connectivity index (χ0n) is 14.7. The lowest BCUT2D eigenvalue weighted by molar-refractivity contribution is -0.152.